The largest absolute Gasteiger partial charge is 0.492 e. The van der Waals surface area contributed by atoms with E-state index in [1.54, 1.807) is 0 Å². The highest BCUT2D eigenvalue weighted by Gasteiger charge is 2.35. The van der Waals surface area contributed by atoms with Gasteiger partial charge < -0.3 is 10.5 Å². The van der Waals surface area contributed by atoms with E-state index in [4.69, 9.17) is 22.1 Å². The predicted octanol–water partition coefficient (Wildman–Crippen LogP) is 5.66. The summed E-state index contributed by atoms with van der Waals surface area (Å²) in [6.07, 6.45) is -4.58. The number of carbonyl (C=O) groups excluding carboxylic acids is 1. The second-order valence-corrected chi connectivity index (χ2v) is 10.2. The summed E-state index contributed by atoms with van der Waals surface area (Å²) >= 11 is 6.12. The molecular formula is C31H32ClF3N4O3. The predicted molar refractivity (Wildman–Crippen MR) is 154 cm³/mol. The van der Waals surface area contributed by atoms with Gasteiger partial charge in [0.15, 0.2) is 0 Å². The van der Waals surface area contributed by atoms with E-state index in [9.17, 15) is 23.2 Å². The molecule has 0 spiro atoms. The van der Waals surface area contributed by atoms with Gasteiger partial charge in [-0.25, -0.2) is 9.86 Å². The average molecular weight is 601 g/mol. The molecule has 1 heterocycles. The number of urea groups is 1. The van der Waals surface area contributed by atoms with Crippen molar-refractivity contribution in [3.8, 4) is 17.6 Å². The number of hydroxylamine groups is 2. The third-order valence-electron chi connectivity index (χ3n) is 6.96. The number of ether oxygens (including phenoxy) is 1. The zero-order chi connectivity index (χ0) is 30.1. The number of piperazine rings is 1. The number of nitrogens with zero attached hydrogens (tertiary/aromatic N) is 3. The number of amides is 2. The summed E-state index contributed by atoms with van der Waals surface area (Å²) in [5, 5.41) is 10.2. The fourth-order valence-corrected chi connectivity index (χ4v) is 4.94. The maximum absolute atomic E-state index is 13.8. The van der Waals surface area contributed by atoms with Gasteiger partial charge in [-0.2, -0.15) is 13.2 Å². The zero-order valence-corrected chi connectivity index (χ0v) is 23.6. The standard InChI is InChI=1S/C31H32ClF3N4O3/c32-26-12-10-25(11-13-26)29(24-7-2-1-3-8-24)38-18-16-37(17-19-38)20-21-42-28-14-9-23(22-27(28)31(33,34)35)6-4-5-15-39(41)30(36)40/h1-3,7-14,22,29,41H,5,15-21H2,(H2,36,40)/t29-/m1/s1. The Morgan fingerprint density at radius 2 is 1.69 bits per heavy atom. The highest BCUT2D eigenvalue weighted by Crippen LogP contribution is 2.37. The van der Waals surface area contributed by atoms with Crippen LogP contribution in [0.25, 0.3) is 0 Å². The van der Waals surface area contributed by atoms with Crippen LogP contribution in [0.15, 0.2) is 72.8 Å². The Balaban J connectivity index is 1.33. The molecule has 1 saturated heterocycles. The van der Waals surface area contributed by atoms with Gasteiger partial charge in [-0.05, 0) is 41.5 Å². The number of nitrogens with two attached hydrogens (primary N) is 1. The summed E-state index contributed by atoms with van der Waals surface area (Å²) < 4.78 is 46.9. The average Bonchev–Trinajstić information content (AvgIpc) is 2.97. The fourth-order valence-electron chi connectivity index (χ4n) is 4.82. The minimum absolute atomic E-state index is 0.0398. The molecule has 0 radical (unpaired) electrons. The lowest BCUT2D eigenvalue weighted by atomic mass is 9.96. The summed E-state index contributed by atoms with van der Waals surface area (Å²) in [6.45, 7) is 3.52. The van der Waals surface area contributed by atoms with Crippen molar-refractivity contribution in [3.05, 3.63) is 100 Å². The number of alkyl halides is 3. The van der Waals surface area contributed by atoms with E-state index in [1.807, 2.05) is 42.5 Å². The first kappa shape index (κ1) is 31.2. The van der Waals surface area contributed by atoms with Gasteiger partial charge in [0, 0.05) is 49.7 Å². The maximum atomic E-state index is 13.8. The number of carbonyl (C=O) groups is 1. The van der Waals surface area contributed by atoms with E-state index >= 15 is 0 Å². The maximum Gasteiger partial charge on any atom is 0.420 e. The Bertz CT molecular complexity index is 1390. The van der Waals surface area contributed by atoms with Crippen LogP contribution in [0.4, 0.5) is 18.0 Å². The molecule has 11 heteroatoms. The molecular weight excluding hydrogens is 569 g/mol. The van der Waals surface area contributed by atoms with Gasteiger partial charge in [-0.15, -0.1) is 0 Å². The van der Waals surface area contributed by atoms with E-state index in [-0.39, 0.29) is 42.0 Å². The van der Waals surface area contributed by atoms with Gasteiger partial charge in [-0.1, -0.05) is 65.9 Å². The second kappa shape index (κ2) is 14.4. The molecule has 1 aliphatic heterocycles. The van der Waals surface area contributed by atoms with E-state index in [0.717, 1.165) is 37.8 Å². The molecule has 42 heavy (non-hydrogen) atoms. The first-order valence-electron chi connectivity index (χ1n) is 13.5. The quantitative estimate of drug-likeness (QED) is 0.188. The Hall–Kier alpha value is -3.75. The molecule has 0 saturated carbocycles. The van der Waals surface area contributed by atoms with Crippen LogP contribution in [-0.4, -0.2) is 72.0 Å². The number of hydrogen-bond acceptors (Lipinski definition) is 5. The van der Waals surface area contributed by atoms with Crippen LogP contribution >= 0.6 is 11.6 Å². The Morgan fingerprint density at radius 3 is 2.33 bits per heavy atom. The van der Waals surface area contributed by atoms with Gasteiger partial charge in [0.1, 0.15) is 12.4 Å². The Kier molecular flexibility index (Phi) is 10.7. The van der Waals surface area contributed by atoms with Gasteiger partial charge in [0.25, 0.3) is 0 Å². The molecule has 2 amide bonds. The van der Waals surface area contributed by atoms with Crippen LogP contribution in [0.2, 0.25) is 5.02 Å². The number of hydrogen-bond donors (Lipinski definition) is 2. The van der Waals surface area contributed by atoms with Crippen LogP contribution in [0.1, 0.15) is 34.7 Å². The Labute approximate surface area is 248 Å². The fraction of sp³-hybridized carbons (Fsp3) is 0.323. The van der Waals surface area contributed by atoms with Gasteiger partial charge in [-0.3, -0.25) is 15.0 Å². The molecule has 0 aromatic heterocycles. The van der Waals surface area contributed by atoms with Crippen LogP contribution in [0.5, 0.6) is 5.75 Å². The van der Waals surface area contributed by atoms with Gasteiger partial charge in [0.05, 0.1) is 18.2 Å². The summed E-state index contributed by atoms with van der Waals surface area (Å²) in [5.41, 5.74) is 6.48. The number of rotatable bonds is 9. The third kappa shape index (κ3) is 8.63. The smallest absolute Gasteiger partial charge is 0.420 e. The van der Waals surface area contributed by atoms with Crippen molar-refractivity contribution in [2.24, 2.45) is 5.73 Å². The lowest BCUT2D eigenvalue weighted by molar-refractivity contribution is -0.139. The molecule has 1 fully saturated rings. The second-order valence-electron chi connectivity index (χ2n) is 9.81. The minimum atomic E-state index is -4.62. The van der Waals surface area contributed by atoms with E-state index in [0.29, 0.717) is 11.6 Å². The summed E-state index contributed by atoms with van der Waals surface area (Å²) in [7, 11) is 0. The molecule has 3 aromatic carbocycles. The lowest BCUT2D eigenvalue weighted by Gasteiger charge is -2.39. The van der Waals surface area contributed by atoms with Crippen molar-refractivity contribution < 1.29 is 27.9 Å². The molecule has 1 atom stereocenters. The van der Waals surface area contributed by atoms with E-state index in [1.165, 1.54) is 17.7 Å². The molecule has 0 bridgehead atoms. The van der Waals surface area contributed by atoms with Gasteiger partial charge >= 0.3 is 12.2 Å². The van der Waals surface area contributed by atoms with Crippen molar-refractivity contribution in [2.45, 2.75) is 18.6 Å². The molecule has 1 aliphatic rings. The highest BCUT2D eigenvalue weighted by molar-refractivity contribution is 6.30. The normalized spacial score (nSPS) is 15.0. The molecule has 0 aliphatic carbocycles. The van der Waals surface area contributed by atoms with Crippen molar-refractivity contribution in [3.63, 3.8) is 0 Å². The zero-order valence-electron chi connectivity index (χ0n) is 22.9. The van der Waals surface area contributed by atoms with Crippen molar-refractivity contribution in [2.75, 3.05) is 45.9 Å². The molecule has 0 unspecified atom stereocenters. The van der Waals surface area contributed by atoms with Crippen molar-refractivity contribution >= 4 is 17.6 Å². The number of benzene rings is 3. The molecule has 3 N–H and O–H groups in total. The van der Waals surface area contributed by atoms with Crippen LogP contribution < -0.4 is 10.5 Å². The molecule has 7 nitrogen and oxygen atoms in total. The van der Waals surface area contributed by atoms with Crippen LogP contribution in [-0.2, 0) is 6.18 Å². The SMILES string of the molecule is NC(=O)N(O)CCC#Cc1ccc(OCCN2CCN([C@H](c3ccccc3)c3ccc(Cl)cc3)CC2)c(C(F)(F)F)c1. The summed E-state index contributed by atoms with van der Waals surface area (Å²) in [4.78, 5) is 15.4. The first-order valence-corrected chi connectivity index (χ1v) is 13.8. The topological polar surface area (TPSA) is 82.3 Å². The Morgan fingerprint density at radius 1 is 1.02 bits per heavy atom. The molecule has 4 rings (SSSR count). The first-order chi connectivity index (χ1) is 20.1. The van der Waals surface area contributed by atoms with Crippen molar-refractivity contribution in [1.82, 2.24) is 14.9 Å². The highest BCUT2D eigenvalue weighted by atomic mass is 35.5. The van der Waals surface area contributed by atoms with E-state index in [2.05, 4.69) is 33.8 Å². The third-order valence-corrected chi connectivity index (χ3v) is 7.21. The van der Waals surface area contributed by atoms with Gasteiger partial charge in [0.2, 0.25) is 0 Å². The lowest BCUT2D eigenvalue weighted by Crippen LogP contribution is -2.48. The van der Waals surface area contributed by atoms with Crippen molar-refractivity contribution in [1.29, 1.82) is 0 Å². The molecule has 222 valence electrons. The van der Waals surface area contributed by atoms with Crippen LogP contribution in [0, 0.1) is 11.8 Å². The molecule has 3 aromatic rings. The monoisotopic (exact) mass is 600 g/mol. The van der Waals surface area contributed by atoms with Crippen LogP contribution in [0.3, 0.4) is 0 Å². The summed E-state index contributed by atoms with van der Waals surface area (Å²) in [6, 6.07) is 20.8. The van der Waals surface area contributed by atoms with E-state index < -0.39 is 17.8 Å². The minimum Gasteiger partial charge on any atom is -0.492 e. The number of primary amides is 1. The summed E-state index contributed by atoms with van der Waals surface area (Å²) in [5.74, 6) is 4.98. The number of halogens is 4.